The molecule has 100 valence electrons. The molecule has 1 saturated carbocycles. The molecule has 0 bridgehead atoms. The molecule has 1 aromatic carbocycles. The highest BCUT2D eigenvalue weighted by molar-refractivity contribution is 5.92. The van der Waals surface area contributed by atoms with E-state index in [2.05, 4.69) is 5.32 Å². The topological polar surface area (TPSA) is 62.1 Å². The van der Waals surface area contributed by atoms with Gasteiger partial charge in [-0.15, -0.1) is 0 Å². The Hall–Kier alpha value is -2.09. The number of hydrogen-bond donors (Lipinski definition) is 1. The summed E-state index contributed by atoms with van der Waals surface area (Å²) in [6.07, 6.45) is 4.00. The summed E-state index contributed by atoms with van der Waals surface area (Å²) in [4.78, 5) is 11.2. The fourth-order valence-electron chi connectivity index (χ4n) is 2.14. The largest absolute Gasteiger partial charge is 0.487 e. The average Bonchev–Trinajstić information content (AvgIpc) is 2.86. The smallest absolute Gasteiger partial charge is 0.238 e. The molecule has 1 aromatic rings. The van der Waals surface area contributed by atoms with E-state index in [1.54, 1.807) is 12.1 Å². The lowest BCUT2D eigenvalue weighted by atomic mass is 10.2. The van der Waals surface area contributed by atoms with Crippen molar-refractivity contribution in [1.29, 1.82) is 5.26 Å². The third-order valence-corrected chi connectivity index (χ3v) is 3.05. The standard InChI is InChI=1S/C14H15FN2O2/c15-12-9-10(17-14(18)7-8-16)5-6-13(12)19-11-3-1-2-4-11/h5-6,9,11H,1-4,7H2,(H,17,18). The zero-order chi connectivity index (χ0) is 13.7. The van der Waals surface area contributed by atoms with Crippen molar-refractivity contribution >= 4 is 11.6 Å². The molecule has 0 spiro atoms. The first-order valence-electron chi connectivity index (χ1n) is 6.32. The van der Waals surface area contributed by atoms with Gasteiger partial charge in [-0.3, -0.25) is 4.79 Å². The lowest BCUT2D eigenvalue weighted by molar-refractivity contribution is -0.115. The van der Waals surface area contributed by atoms with Crippen molar-refractivity contribution in [1.82, 2.24) is 0 Å². The lowest BCUT2D eigenvalue weighted by Gasteiger charge is -2.14. The van der Waals surface area contributed by atoms with E-state index in [1.165, 1.54) is 12.1 Å². The van der Waals surface area contributed by atoms with Crippen molar-refractivity contribution in [2.45, 2.75) is 38.2 Å². The molecule has 1 aliphatic rings. The lowest BCUT2D eigenvalue weighted by Crippen LogP contribution is -2.13. The van der Waals surface area contributed by atoms with Crippen LogP contribution in [0.3, 0.4) is 0 Å². The van der Waals surface area contributed by atoms with Gasteiger partial charge in [0.2, 0.25) is 5.91 Å². The van der Waals surface area contributed by atoms with Gasteiger partial charge in [0.1, 0.15) is 6.42 Å². The Morgan fingerprint density at radius 2 is 2.21 bits per heavy atom. The van der Waals surface area contributed by atoms with Crippen LogP contribution in [0.5, 0.6) is 5.75 Å². The third kappa shape index (κ3) is 3.68. The molecule has 0 aliphatic heterocycles. The van der Waals surface area contributed by atoms with E-state index in [1.807, 2.05) is 0 Å². The van der Waals surface area contributed by atoms with Gasteiger partial charge in [-0.25, -0.2) is 4.39 Å². The SMILES string of the molecule is N#CCC(=O)Nc1ccc(OC2CCCC2)c(F)c1. The summed E-state index contributed by atoms with van der Waals surface area (Å²) in [5.41, 5.74) is 0.330. The number of carbonyl (C=O) groups is 1. The number of anilines is 1. The molecule has 1 N–H and O–H groups in total. The van der Waals surface area contributed by atoms with Crippen molar-refractivity contribution in [2.24, 2.45) is 0 Å². The predicted molar refractivity (Wildman–Crippen MR) is 68.1 cm³/mol. The second-order valence-electron chi connectivity index (χ2n) is 4.55. The normalized spacial score (nSPS) is 14.9. The van der Waals surface area contributed by atoms with E-state index in [0.717, 1.165) is 25.7 Å². The second kappa shape index (κ2) is 6.19. The van der Waals surface area contributed by atoms with Gasteiger partial charge < -0.3 is 10.1 Å². The van der Waals surface area contributed by atoms with E-state index < -0.39 is 11.7 Å². The molecule has 0 aromatic heterocycles. The van der Waals surface area contributed by atoms with Crippen LogP contribution in [-0.4, -0.2) is 12.0 Å². The van der Waals surface area contributed by atoms with Crippen molar-refractivity contribution in [2.75, 3.05) is 5.32 Å². The van der Waals surface area contributed by atoms with E-state index >= 15 is 0 Å². The van der Waals surface area contributed by atoms with Crippen molar-refractivity contribution < 1.29 is 13.9 Å². The van der Waals surface area contributed by atoms with Crippen LogP contribution in [0.1, 0.15) is 32.1 Å². The highest BCUT2D eigenvalue weighted by atomic mass is 19.1. The molecule has 2 rings (SSSR count). The van der Waals surface area contributed by atoms with Crippen LogP contribution in [-0.2, 0) is 4.79 Å². The van der Waals surface area contributed by atoms with Crippen LogP contribution >= 0.6 is 0 Å². The minimum absolute atomic E-state index is 0.0912. The highest BCUT2D eigenvalue weighted by Gasteiger charge is 2.18. The fourth-order valence-corrected chi connectivity index (χ4v) is 2.14. The third-order valence-electron chi connectivity index (χ3n) is 3.05. The Bertz CT molecular complexity index is 505. The number of carbonyl (C=O) groups excluding carboxylic acids is 1. The first-order chi connectivity index (χ1) is 9.19. The maximum atomic E-state index is 13.8. The summed E-state index contributed by atoms with van der Waals surface area (Å²) >= 11 is 0. The van der Waals surface area contributed by atoms with Crippen LogP contribution in [0.15, 0.2) is 18.2 Å². The molecule has 0 atom stereocenters. The first-order valence-corrected chi connectivity index (χ1v) is 6.32. The summed E-state index contributed by atoms with van der Waals surface area (Å²) in [5, 5.41) is 10.8. The van der Waals surface area contributed by atoms with E-state index in [-0.39, 0.29) is 18.3 Å². The Balaban J connectivity index is 2.00. The molecular formula is C14H15FN2O2. The zero-order valence-electron chi connectivity index (χ0n) is 10.5. The number of ether oxygens (including phenoxy) is 1. The quantitative estimate of drug-likeness (QED) is 0.907. The number of nitrogens with one attached hydrogen (secondary N) is 1. The molecule has 0 unspecified atom stereocenters. The number of nitrogens with zero attached hydrogens (tertiary/aromatic N) is 1. The summed E-state index contributed by atoms with van der Waals surface area (Å²) in [6, 6.07) is 6.02. The van der Waals surface area contributed by atoms with Crippen LogP contribution in [0.25, 0.3) is 0 Å². The molecule has 0 radical (unpaired) electrons. The Kier molecular flexibility index (Phi) is 4.35. The van der Waals surface area contributed by atoms with Crippen LogP contribution in [0.2, 0.25) is 0 Å². The van der Waals surface area contributed by atoms with Crippen molar-refractivity contribution in [3.63, 3.8) is 0 Å². The predicted octanol–water partition coefficient (Wildman–Crippen LogP) is 3.00. The number of amides is 1. The summed E-state index contributed by atoms with van der Waals surface area (Å²) in [7, 11) is 0. The summed E-state index contributed by atoms with van der Waals surface area (Å²) in [5.74, 6) is -0.738. The van der Waals surface area contributed by atoms with Gasteiger partial charge in [0.15, 0.2) is 11.6 Å². The first kappa shape index (κ1) is 13.3. The molecule has 1 fully saturated rings. The van der Waals surface area contributed by atoms with E-state index in [0.29, 0.717) is 5.69 Å². The Morgan fingerprint density at radius 1 is 1.47 bits per heavy atom. The monoisotopic (exact) mass is 262 g/mol. The molecule has 4 nitrogen and oxygen atoms in total. The van der Waals surface area contributed by atoms with Crippen LogP contribution in [0.4, 0.5) is 10.1 Å². The van der Waals surface area contributed by atoms with Crippen molar-refractivity contribution in [3.8, 4) is 11.8 Å². The molecule has 5 heteroatoms. The minimum Gasteiger partial charge on any atom is -0.487 e. The summed E-state index contributed by atoms with van der Waals surface area (Å²) in [6.45, 7) is 0. The second-order valence-corrected chi connectivity index (χ2v) is 4.55. The van der Waals surface area contributed by atoms with Gasteiger partial charge >= 0.3 is 0 Å². The van der Waals surface area contributed by atoms with Crippen LogP contribution in [0, 0.1) is 17.1 Å². The van der Waals surface area contributed by atoms with Gasteiger partial charge in [0.25, 0.3) is 0 Å². The number of benzene rings is 1. The zero-order valence-corrected chi connectivity index (χ0v) is 10.5. The van der Waals surface area contributed by atoms with Gasteiger partial charge in [0.05, 0.1) is 12.2 Å². The number of halogens is 1. The van der Waals surface area contributed by atoms with Gasteiger partial charge in [-0.05, 0) is 37.8 Å². The average molecular weight is 262 g/mol. The highest BCUT2D eigenvalue weighted by Crippen LogP contribution is 2.27. The van der Waals surface area contributed by atoms with Gasteiger partial charge in [-0.1, -0.05) is 0 Å². The molecular weight excluding hydrogens is 247 g/mol. The Morgan fingerprint density at radius 3 is 2.84 bits per heavy atom. The van der Waals surface area contributed by atoms with Crippen LogP contribution < -0.4 is 10.1 Å². The van der Waals surface area contributed by atoms with Gasteiger partial charge in [-0.2, -0.15) is 5.26 Å². The van der Waals surface area contributed by atoms with E-state index in [9.17, 15) is 9.18 Å². The Labute approximate surface area is 111 Å². The van der Waals surface area contributed by atoms with E-state index in [4.69, 9.17) is 10.00 Å². The summed E-state index contributed by atoms with van der Waals surface area (Å²) < 4.78 is 19.4. The molecule has 0 saturated heterocycles. The molecule has 1 amide bonds. The molecule has 0 heterocycles. The number of hydrogen-bond acceptors (Lipinski definition) is 3. The maximum Gasteiger partial charge on any atom is 0.238 e. The minimum atomic E-state index is -0.498. The van der Waals surface area contributed by atoms with Crippen molar-refractivity contribution in [3.05, 3.63) is 24.0 Å². The molecule has 19 heavy (non-hydrogen) atoms. The molecule has 1 aliphatic carbocycles. The number of rotatable bonds is 4. The fraction of sp³-hybridized carbons (Fsp3) is 0.429. The number of nitriles is 1. The van der Waals surface area contributed by atoms with Gasteiger partial charge in [0, 0.05) is 11.8 Å². The maximum absolute atomic E-state index is 13.8.